The molecule has 0 spiro atoms. The zero-order chi connectivity index (χ0) is 10.1. The SMILES string of the molecule is CC[C@H](N)c1ccc(C(C)(C)C)s1. The predicted molar refractivity (Wildman–Crippen MR) is 60.2 cm³/mol. The molecular weight excluding hydrogens is 178 g/mol. The summed E-state index contributed by atoms with van der Waals surface area (Å²) in [6.07, 6.45) is 1.02. The first-order valence-electron chi connectivity index (χ1n) is 4.81. The highest BCUT2D eigenvalue weighted by Crippen LogP contribution is 2.32. The van der Waals surface area contributed by atoms with Crippen molar-refractivity contribution in [1.82, 2.24) is 0 Å². The fraction of sp³-hybridized carbons (Fsp3) is 0.636. The first-order valence-corrected chi connectivity index (χ1v) is 5.62. The van der Waals surface area contributed by atoms with E-state index in [0.29, 0.717) is 0 Å². The lowest BCUT2D eigenvalue weighted by Gasteiger charge is -2.15. The van der Waals surface area contributed by atoms with Gasteiger partial charge in [-0.05, 0) is 24.0 Å². The third kappa shape index (κ3) is 2.55. The molecule has 1 heterocycles. The van der Waals surface area contributed by atoms with E-state index in [2.05, 4.69) is 39.8 Å². The standard InChI is InChI=1S/C11H19NS/c1-5-8(12)9-6-7-10(13-9)11(2,3)4/h6-8H,5,12H2,1-4H3/t8-/m0/s1. The molecule has 0 aliphatic carbocycles. The van der Waals surface area contributed by atoms with Gasteiger partial charge in [-0.25, -0.2) is 0 Å². The molecule has 0 saturated heterocycles. The van der Waals surface area contributed by atoms with Gasteiger partial charge in [0, 0.05) is 15.8 Å². The summed E-state index contributed by atoms with van der Waals surface area (Å²) in [6.45, 7) is 8.83. The number of hydrogen-bond acceptors (Lipinski definition) is 2. The Morgan fingerprint density at radius 2 is 2.00 bits per heavy atom. The van der Waals surface area contributed by atoms with Gasteiger partial charge in [0.1, 0.15) is 0 Å². The largest absolute Gasteiger partial charge is 0.323 e. The summed E-state index contributed by atoms with van der Waals surface area (Å²) in [5, 5.41) is 0. The van der Waals surface area contributed by atoms with E-state index in [9.17, 15) is 0 Å². The molecule has 0 fully saturated rings. The molecule has 0 aromatic carbocycles. The summed E-state index contributed by atoms with van der Waals surface area (Å²) < 4.78 is 0. The number of hydrogen-bond donors (Lipinski definition) is 1. The van der Waals surface area contributed by atoms with Crippen LogP contribution in [0.5, 0.6) is 0 Å². The molecule has 1 nitrogen and oxygen atoms in total. The summed E-state index contributed by atoms with van der Waals surface area (Å²) >= 11 is 1.85. The molecule has 1 aromatic heterocycles. The third-order valence-electron chi connectivity index (χ3n) is 2.17. The van der Waals surface area contributed by atoms with Crippen LogP contribution in [-0.2, 0) is 5.41 Å². The molecule has 13 heavy (non-hydrogen) atoms. The van der Waals surface area contributed by atoms with Gasteiger partial charge in [0.25, 0.3) is 0 Å². The van der Waals surface area contributed by atoms with E-state index in [1.165, 1.54) is 9.75 Å². The average molecular weight is 197 g/mol. The quantitative estimate of drug-likeness (QED) is 0.772. The van der Waals surface area contributed by atoms with E-state index in [4.69, 9.17) is 5.73 Å². The smallest absolute Gasteiger partial charge is 0.0387 e. The molecule has 0 unspecified atom stereocenters. The topological polar surface area (TPSA) is 26.0 Å². The Morgan fingerprint density at radius 3 is 2.38 bits per heavy atom. The molecule has 0 amide bonds. The van der Waals surface area contributed by atoms with Crippen molar-refractivity contribution in [2.45, 2.75) is 45.6 Å². The normalized spacial score (nSPS) is 14.5. The zero-order valence-corrected chi connectivity index (χ0v) is 9.74. The monoisotopic (exact) mass is 197 g/mol. The van der Waals surface area contributed by atoms with Crippen LogP contribution in [0.15, 0.2) is 12.1 Å². The molecule has 1 atom stereocenters. The highest BCUT2D eigenvalue weighted by atomic mass is 32.1. The molecule has 74 valence electrons. The van der Waals surface area contributed by atoms with E-state index >= 15 is 0 Å². The lowest BCUT2D eigenvalue weighted by Crippen LogP contribution is -2.08. The van der Waals surface area contributed by atoms with Crippen LogP contribution in [-0.4, -0.2) is 0 Å². The molecule has 0 saturated carbocycles. The first-order chi connectivity index (χ1) is 5.95. The van der Waals surface area contributed by atoms with E-state index in [1.807, 2.05) is 11.3 Å². The van der Waals surface area contributed by atoms with Crippen LogP contribution >= 0.6 is 11.3 Å². The third-order valence-corrected chi connectivity index (χ3v) is 3.81. The Balaban J connectivity index is 2.87. The van der Waals surface area contributed by atoms with Crippen LogP contribution in [0.4, 0.5) is 0 Å². The molecular formula is C11H19NS. The molecule has 2 N–H and O–H groups in total. The highest BCUT2D eigenvalue weighted by molar-refractivity contribution is 7.12. The average Bonchev–Trinajstić information content (AvgIpc) is 2.50. The minimum Gasteiger partial charge on any atom is -0.323 e. The Kier molecular flexibility index (Phi) is 3.14. The molecule has 0 aliphatic heterocycles. The van der Waals surface area contributed by atoms with E-state index in [-0.39, 0.29) is 11.5 Å². The second kappa shape index (κ2) is 3.81. The van der Waals surface area contributed by atoms with Gasteiger partial charge < -0.3 is 5.73 Å². The van der Waals surface area contributed by atoms with Gasteiger partial charge in [-0.3, -0.25) is 0 Å². The van der Waals surface area contributed by atoms with E-state index in [1.54, 1.807) is 0 Å². The number of nitrogens with two attached hydrogens (primary N) is 1. The second-order valence-corrected chi connectivity index (χ2v) is 5.58. The lowest BCUT2D eigenvalue weighted by molar-refractivity contribution is 0.604. The van der Waals surface area contributed by atoms with Crippen molar-refractivity contribution >= 4 is 11.3 Å². The van der Waals surface area contributed by atoms with Gasteiger partial charge in [0.05, 0.1) is 0 Å². The Labute approximate surface area is 85.0 Å². The maximum absolute atomic E-state index is 5.96. The van der Waals surface area contributed by atoms with Crippen LogP contribution in [0.25, 0.3) is 0 Å². The Morgan fingerprint density at radius 1 is 1.38 bits per heavy atom. The minimum absolute atomic E-state index is 0.223. The van der Waals surface area contributed by atoms with Gasteiger partial charge in [0.2, 0.25) is 0 Å². The first kappa shape index (κ1) is 10.7. The van der Waals surface area contributed by atoms with Gasteiger partial charge in [0.15, 0.2) is 0 Å². The number of rotatable bonds is 2. The van der Waals surface area contributed by atoms with Crippen molar-refractivity contribution < 1.29 is 0 Å². The maximum atomic E-state index is 5.96. The van der Waals surface area contributed by atoms with E-state index < -0.39 is 0 Å². The summed E-state index contributed by atoms with van der Waals surface area (Å²) in [5.41, 5.74) is 6.22. The Bertz CT molecular complexity index is 270. The predicted octanol–water partition coefficient (Wildman–Crippen LogP) is 3.46. The number of thiophene rings is 1. The van der Waals surface area contributed by atoms with Gasteiger partial charge in [-0.1, -0.05) is 27.7 Å². The van der Waals surface area contributed by atoms with Crippen molar-refractivity contribution in [2.24, 2.45) is 5.73 Å². The van der Waals surface area contributed by atoms with Crippen LogP contribution in [0, 0.1) is 0 Å². The highest BCUT2D eigenvalue weighted by Gasteiger charge is 2.17. The second-order valence-electron chi connectivity index (χ2n) is 4.47. The minimum atomic E-state index is 0.223. The van der Waals surface area contributed by atoms with Crippen molar-refractivity contribution in [2.75, 3.05) is 0 Å². The molecule has 0 bridgehead atoms. The van der Waals surface area contributed by atoms with Gasteiger partial charge >= 0.3 is 0 Å². The molecule has 1 rings (SSSR count). The molecule has 2 heteroatoms. The fourth-order valence-electron chi connectivity index (χ4n) is 1.16. The summed E-state index contributed by atoms with van der Waals surface area (Å²) in [4.78, 5) is 2.74. The van der Waals surface area contributed by atoms with Gasteiger partial charge in [-0.2, -0.15) is 0 Å². The molecule has 0 aliphatic rings. The lowest BCUT2D eigenvalue weighted by atomic mass is 9.95. The molecule has 1 aromatic rings. The van der Waals surface area contributed by atoms with Crippen LogP contribution < -0.4 is 5.73 Å². The maximum Gasteiger partial charge on any atom is 0.0387 e. The van der Waals surface area contributed by atoms with E-state index in [0.717, 1.165) is 6.42 Å². The van der Waals surface area contributed by atoms with Crippen molar-refractivity contribution in [3.05, 3.63) is 21.9 Å². The summed E-state index contributed by atoms with van der Waals surface area (Å²) in [7, 11) is 0. The van der Waals surface area contributed by atoms with Crippen molar-refractivity contribution in [3.63, 3.8) is 0 Å². The van der Waals surface area contributed by atoms with Crippen molar-refractivity contribution in [1.29, 1.82) is 0 Å². The molecule has 0 radical (unpaired) electrons. The summed E-state index contributed by atoms with van der Waals surface area (Å²) in [5.74, 6) is 0. The zero-order valence-electron chi connectivity index (χ0n) is 8.92. The summed E-state index contributed by atoms with van der Waals surface area (Å²) in [6, 6.07) is 4.59. The van der Waals surface area contributed by atoms with Gasteiger partial charge in [-0.15, -0.1) is 11.3 Å². The van der Waals surface area contributed by atoms with Crippen molar-refractivity contribution in [3.8, 4) is 0 Å². The fourth-order valence-corrected chi connectivity index (χ4v) is 2.31. The Hall–Kier alpha value is -0.340. The van der Waals surface area contributed by atoms with Crippen LogP contribution in [0.1, 0.15) is 49.9 Å². The van der Waals surface area contributed by atoms with Crippen LogP contribution in [0.2, 0.25) is 0 Å². The van der Waals surface area contributed by atoms with Crippen LogP contribution in [0.3, 0.4) is 0 Å².